The zero-order valence-electron chi connectivity index (χ0n) is 17.8. The van der Waals surface area contributed by atoms with Crippen molar-refractivity contribution in [3.63, 3.8) is 0 Å². The molecule has 1 fully saturated rings. The van der Waals surface area contributed by atoms with Crippen LogP contribution in [0, 0.1) is 11.8 Å². The number of carbonyl (C=O) groups is 3. The van der Waals surface area contributed by atoms with E-state index in [9.17, 15) is 14.4 Å². The van der Waals surface area contributed by atoms with E-state index in [1.807, 2.05) is 60.7 Å². The van der Waals surface area contributed by atoms with Crippen molar-refractivity contribution in [2.24, 2.45) is 17.6 Å². The van der Waals surface area contributed by atoms with Gasteiger partial charge in [-0.05, 0) is 36.8 Å². The van der Waals surface area contributed by atoms with Crippen molar-refractivity contribution < 1.29 is 14.4 Å². The quantitative estimate of drug-likeness (QED) is 0.579. The van der Waals surface area contributed by atoms with Gasteiger partial charge in [0.2, 0.25) is 17.7 Å². The molecule has 1 aliphatic carbocycles. The summed E-state index contributed by atoms with van der Waals surface area (Å²) in [6.45, 7) is -0.110. The molecule has 2 unspecified atom stereocenters. The minimum absolute atomic E-state index is 0.110. The molecule has 1 aliphatic rings. The largest absolute Gasteiger partial charge is 0.369 e. The second kappa shape index (κ2) is 11.3. The van der Waals surface area contributed by atoms with Gasteiger partial charge < -0.3 is 16.4 Å². The van der Waals surface area contributed by atoms with Gasteiger partial charge in [-0.2, -0.15) is 0 Å². The Bertz CT molecular complexity index is 829. The number of hydrogen-bond donors (Lipinski definition) is 3. The SMILES string of the molecule is NC(=O)C1CCCCC1NC(=O)CNC(=O)C(Cc1ccccc1)Cc1ccccc1. The lowest BCUT2D eigenvalue weighted by atomic mass is 9.84. The normalized spacial score (nSPS) is 18.4. The van der Waals surface area contributed by atoms with Gasteiger partial charge in [0.05, 0.1) is 12.5 Å². The summed E-state index contributed by atoms with van der Waals surface area (Å²) < 4.78 is 0. The van der Waals surface area contributed by atoms with Gasteiger partial charge in [0.15, 0.2) is 0 Å². The minimum atomic E-state index is -0.375. The molecule has 6 heteroatoms. The number of nitrogens with two attached hydrogens (primary N) is 1. The molecule has 0 aliphatic heterocycles. The van der Waals surface area contributed by atoms with Crippen LogP contribution in [-0.4, -0.2) is 30.3 Å². The Morgan fingerprint density at radius 3 is 1.97 bits per heavy atom. The summed E-state index contributed by atoms with van der Waals surface area (Å²) in [5.41, 5.74) is 7.64. The third-order valence-electron chi connectivity index (χ3n) is 5.92. The van der Waals surface area contributed by atoms with Crippen molar-refractivity contribution in [3.05, 3.63) is 71.8 Å². The number of hydrogen-bond acceptors (Lipinski definition) is 3. The Kier molecular flexibility index (Phi) is 8.21. The first-order chi connectivity index (χ1) is 15.0. The zero-order valence-corrected chi connectivity index (χ0v) is 17.8. The smallest absolute Gasteiger partial charge is 0.239 e. The van der Waals surface area contributed by atoms with Crippen LogP contribution in [0.4, 0.5) is 0 Å². The Morgan fingerprint density at radius 1 is 0.871 bits per heavy atom. The molecule has 1 saturated carbocycles. The molecule has 3 amide bonds. The molecule has 164 valence electrons. The molecule has 2 aromatic rings. The van der Waals surface area contributed by atoms with Crippen LogP contribution in [-0.2, 0) is 27.2 Å². The Hall–Kier alpha value is -3.15. The van der Waals surface area contributed by atoms with Crippen molar-refractivity contribution in [1.29, 1.82) is 0 Å². The molecule has 2 aromatic carbocycles. The van der Waals surface area contributed by atoms with Crippen LogP contribution >= 0.6 is 0 Å². The summed E-state index contributed by atoms with van der Waals surface area (Å²) in [7, 11) is 0. The van der Waals surface area contributed by atoms with E-state index in [1.54, 1.807) is 0 Å². The van der Waals surface area contributed by atoms with Crippen LogP contribution in [0.1, 0.15) is 36.8 Å². The highest BCUT2D eigenvalue weighted by Crippen LogP contribution is 2.24. The van der Waals surface area contributed by atoms with Gasteiger partial charge in [0.1, 0.15) is 0 Å². The second-order valence-corrected chi connectivity index (χ2v) is 8.26. The molecule has 31 heavy (non-hydrogen) atoms. The summed E-state index contributed by atoms with van der Waals surface area (Å²) in [4.78, 5) is 37.1. The van der Waals surface area contributed by atoms with E-state index >= 15 is 0 Å². The monoisotopic (exact) mass is 421 g/mol. The first-order valence-electron chi connectivity index (χ1n) is 11.0. The summed E-state index contributed by atoms with van der Waals surface area (Å²) in [5.74, 6) is -1.44. The predicted octanol–water partition coefficient (Wildman–Crippen LogP) is 2.36. The van der Waals surface area contributed by atoms with Gasteiger partial charge in [-0.15, -0.1) is 0 Å². The highest BCUT2D eigenvalue weighted by atomic mass is 16.2. The van der Waals surface area contributed by atoms with Crippen molar-refractivity contribution >= 4 is 17.7 Å². The lowest BCUT2D eigenvalue weighted by Crippen LogP contribution is -2.50. The molecule has 3 rings (SSSR count). The molecule has 0 aromatic heterocycles. The van der Waals surface area contributed by atoms with E-state index in [0.717, 1.165) is 30.4 Å². The maximum atomic E-state index is 13.0. The number of primary amides is 1. The number of amides is 3. The highest BCUT2D eigenvalue weighted by Gasteiger charge is 2.30. The van der Waals surface area contributed by atoms with Crippen LogP contribution in [0.5, 0.6) is 0 Å². The van der Waals surface area contributed by atoms with Gasteiger partial charge in [-0.3, -0.25) is 14.4 Å². The standard InChI is InChI=1S/C25H31N3O3/c26-24(30)21-13-7-8-14-22(21)28-23(29)17-27-25(31)20(15-18-9-3-1-4-10-18)16-19-11-5-2-6-12-19/h1-6,9-12,20-22H,7-8,13-17H2,(H2,26,30)(H,27,31)(H,28,29). The fourth-order valence-corrected chi connectivity index (χ4v) is 4.27. The van der Waals surface area contributed by atoms with Crippen LogP contribution in [0.25, 0.3) is 0 Å². The van der Waals surface area contributed by atoms with Crippen LogP contribution in [0.2, 0.25) is 0 Å². The van der Waals surface area contributed by atoms with E-state index in [2.05, 4.69) is 10.6 Å². The fraction of sp³-hybridized carbons (Fsp3) is 0.400. The van der Waals surface area contributed by atoms with Gasteiger partial charge in [0.25, 0.3) is 0 Å². The first-order valence-corrected chi connectivity index (χ1v) is 11.0. The van der Waals surface area contributed by atoms with Crippen molar-refractivity contribution in [2.45, 2.75) is 44.6 Å². The Balaban J connectivity index is 1.58. The maximum absolute atomic E-state index is 13.0. The molecular formula is C25H31N3O3. The van der Waals surface area contributed by atoms with E-state index < -0.39 is 0 Å². The van der Waals surface area contributed by atoms with Crippen LogP contribution in [0.15, 0.2) is 60.7 Å². The second-order valence-electron chi connectivity index (χ2n) is 8.26. The van der Waals surface area contributed by atoms with Crippen molar-refractivity contribution in [1.82, 2.24) is 10.6 Å². The first kappa shape index (κ1) is 22.5. The highest BCUT2D eigenvalue weighted by molar-refractivity contribution is 5.87. The number of rotatable bonds is 9. The van der Waals surface area contributed by atoms with Crippen molar-refractivity contribution in [2.75, 3.05) is 6.54 Å². The Labute approximate surface area is 183 Å². The van der Waals surface area contributed by atoms with E-state index in [-0.39, 0.29) is 42.1 Å². The van der Waals surface area contributed by atoms with Crippen LogP contribution in [0.3, 0.4) is 0 Å². The summed E-state index contributed by atoms with van der Waals surface area (Å²) in [5, 5.41) is 5.68. The van der Waals surface area contributed by atoms with Gasteiger partial charge in [0, 0.05) is 12.0 Å². The Morgan fingerprint density at radius 2 is 1.42 bits per heavy atom. The fourth-order valence-electron chi connectivity index (χ4n) is 4.27. The lowest BCUT2D eigenvalue weighted by Gasteiger charge is -2.30. The molecule has 4 N–H and O–H groups in total. The predicted molar refractivity (Wildman–Crippen MR) is 120 cm³/mol. The minimum Gasteiger partial charge on any atom is -0.369 e. The molecule has 0 saturated heterocycles. The summed E-state index contributed by atoms with van der Waals surface area (Å²) in [6.07, 6.45) is 4.51. The van der Waals surface area contributed by atoms with Crippen molar-refractivity contribution in [3.8, 4) is 0 Å². The molecular weight excluding hydrogens is 390 g/mol. The van der Waals surface area contributed by atoms with E-state index in [1.165, 1.54) is 0 Å². The van der Waals surface area contributed by atoms with Gasteiger partial charge in [-0.25, -0.2) is 0 Å². The summed E-state index contributed by atoms with van der Waals surface area (Å²) >= 11 is 0. The molecule has 0 bridgehead atoms. The van der Waals surface area contributed by atoms with E-state index in [4.69, 9.17) is 5.73 Å². The number of nitrogens with one attached hydrogen (secondary N) is 2. The number of benzene rings is 2. The lowest BCUT2D eigenvalue weighted by molar-refractivity contribution is -0.130. The molecule has 0 heterocycles. The third-order valence-corrected chi connectivity index (χ3v) is 5.92. The van der Waals surface area contributed by atoms with E-state index in [0.29, 0.717) is 19.3 Å². The maximum Gasteiger partial charge on any atom is 0.239 e. The molecule has 2 atom stereocenters. The van der Waals surface area contributed by atoms with Gasteiger partial charge in [-0.1, -0.05) is 73.5 Å². The molecule has 6 nitrogen and oxygen atoms in total. The third kappa shape index (κ3) is 6.95. The summed E-state index contributed by atoms with van der Waals surface area (Å²) in [6, 6.07) is 19.5. The number of carbonyl (C=O) groups excluding carboxylic acids is 3. The average Bonchev–Trinajstić information content (AvgIpc) is 2.78. The zero-order chi connectivity index (χ0) is 22.1. The van der Waals surface area contributed by atoms with Gasteiger partial charge >= 0.3 is 0 Å². The molecule has 0 spiro atoms. The average molecular weight is 422 g/mol. The van der Waals surface area contributed by atoms with Crippen LogP contribution < -0.4 is 16.4 Å². The topological polar surface area (TPSA) is 101 Å². The molecule has 0 radical (unpaired) electrons.